The fraction of sp³-hybridized carbons (Fsp3) is 0.895. The molecule has 0 aromatic rings. The Morgan fingerprint density at radius 2 is 1.79 bits per heavy atom. The van der Waals surface area contributed by atoms with Crippen molar-refractivity contribution in [1.29, 1.82) is 0 Å². The molecule has 0 aromatic carbocycles. The zero-order chi connectivity index (χ0) is 20.3. The molecule has 2 amide bonds. The lowest BCUT2D eigenvalue weighted by Gasteiger charge is -2.44. The zero-order valence-corrected chi connectivity index (χ0v) is 19.3. The molecule has 0 unspecified atom stereocenters. The summed E-state index contributed by atoms with van der Waals surface area (Å²) in [7, 11) is -3.62. The van der Waals surface area contributed by atoms with Crippen LogP contribution in [0.25, 0.3) is 0 Å². The molecule has 0 bridgehead atoms. The molecule has 3 aliphatic rings. The van der Waals surface area contributed by atoms with Gasteiger partial charge in [-0.25, -0.2) is 12.7 Å². The van der Waals surface area contributed by atoms with E-state index in [1.165, 1.54) is 0 Å². The molecular weight excluding hydrogens is 402 g/mol. The van der Waals surface area contributed by atoms with Crippen LogP contribution in [0.3, 0.4) is 0 Å². The minimum Gasteiger partial charge on any atom is -0.336 e. The third kappa shape index (κ3) is 4.19. The molecule has 0 spiro atoms. The summed E-state index contributed by atoms with van der Waals surface area (Å²) in [6, 6.07) is -0.731. The number of likely N-dealkylation sites (tertiary alicyclic amines) is 2. The fourth-order valence-electron chi connectivity index (χ4n) is 5.05. The molecule has 3 rings (SSSR count). The van der Waals surface area contributed by atoms with Gasteiger partial charge in [0, 0.05) is 26.2 Å². The van der Waals surface area contributed by atoms with E-state index >= 15 is 0 Å². The van der Waals surface area contributed by atoms with Crippen molar-refractivity contribution in [1.82, 2.24) is 14.1 Å². The standard InChI is InChI=1S/C19H33N3O4S.ClH/c1-12(2)15-16-14(22(18(15)24)27(6,25)26)7-8-21(16)17(23)13-9-20(10-13)11-19(3,4)5;/h12-16H,7-11H2,1-6H3;1H/t14-,15+,16-;/m0./s1. The van der Waals surface area contributed by atoms with Gasteiger partial charge in [-0.05, 0) is 17.8 Å². The Morgan fingerprint density at radius 1 is 1.21 bits per heavy atom. The molecule has 7 nitrogen and oxygen atoms in total. The maximum absolute atomic E-state index is 13.1. The van der Waals surface area contributed by atoms with E-state index in [-0.39, 0.29) is 47.5 Å². The largest absolute Gasteiger partial charge is 0.336 e. The third-order valence-electron chi connectivity index (χ3n) is 5.95. The summed E-state index contributed by atoms with van der Waals surface area (Å²) >= 11 is 0. The minimum absolute atomic E-state index is 0. The Morgan fingerprint density at radius 3 is 2.25 bits per heavy atom. The first-order valence-electron chi connectivity index (χ1n) is 9.87. The monoisotopic (exact) mass is 435 g/mol. The van der Waals surface area contributed by atoms with E-state index in [2.05, 4.69) is 25.7 Å². The zero-order valence-electron chi connectivity index (χ0n) is 17.7. The van der Waals surface area contributed by atoms with Crippen LogP contribution in [0.4, 0.5) is 0 Å². The van der Waals surface area contributed by atoms with Crippen molar-refractivity contribution >= 4 is 34.2 Å². The lowest BCUT2D eigenvalue weighted by molar-refractivity contribution is -0.144. The number of sulfonamides is 1. The van der Waals surface area contributed by atoms with Crippen LogP contribution in [-0.2, 0) is 19.6 Å². The maximum Gasteiger partial charge on any atom is 0.241 e. The van der Waals surface area contributed by atoms with Gasteiger partial charge >= 0.3 is 0 Å². The van der Waals surface area contributed by atoms with Gasteiger partial charge in [0.1, 0.15) is 0 Å². The summed E-state index contributed by atoms with van der Waals surface area (Å²) < 4.78 is 25.5. The molecule has 162 valence electrons. The predicted octanol–water partition coefficient (Wildman–Crippen LogP) is 1.43. The first kappa shape index (κ1) is 23.4. The van der Waals surface area contributed by atoms with Gasteiger partial charge < -0.3 is 9.80 Å². The number of carbonyl (C=O) groups is 2. The summed E-state index contributed by atoms with van der Waals surface area (Å²) in [5.41, 5.74) is 0.198. The van der Waals surface area contributed by atoms with Crippen molar-refractivity contribution in [2.75, 3.05) is 32.4 Å². The summed E-state index contributed by atoms with van der Waals surface area (Å²) in [6.45, 7) is 13.4. The van der Waals surface area contributed by atoms with Crippen molar-refractivity contribution < 1.29 is 18.0 Å². The van der Waals surface area contributed by atoms with Crippen LogP contribution >= 0.6 is 12.4 Å². The number of rotatable bonds is 4. The highest BCUT2D eigenvalue weighted by Crippen LogP contribution is 2.42. The van der Waals surface area contributed by atoms with Gasteiger partial charge in [-0.2, -0.15) is 0 Å². The number of halogens is 1. The molecule has 0 saturated carbocycles. The van der Waals surface area contributed by atoms with Crippen LogP contribution in [0.15, 0.2) is 0 Å². The summed E-state index contributed by atoms with van der Waals surface area (Å²) in [5.74, 6) is -0.753. The number of amides is 2. The number of hydrogen-bond donors (Lipinski definition) is 0. The van der Waals surface area contributed by atoms with Gasteiger partial charge in [0.2, 0.25) is 21.8 Å². The highest BCUT2D eigenvalue weighted by Gasteiger charge is 2.59. The first-order chi connectivity index (χ1) is 12.3. The Bertz CT molecular complexity index is 728. The smallest absolute Gasteiger partial charge is 0.241 e. The Balaban J connectivity index is 0.00000280. The van der Waals surface area contributed by atoms with Crippen LogP contribution in [0.2, 0.25) is 0 Å². The number of carbonyl (C=O) groups excluding carboxylic acids is 2. The van der Waals surface area contributed by atoms with Crippen LogP contribution in [-0.4, -0.2) is 78.9 Å². The molecule has 0 radical (unpaired) electrons. The van der Waals surface area contributed by atoms with Crippen molar-refractivity contribution in [3.8, 4) is 0 Å². The average Bonchev–Trinajstić information content (AvgIpc) is 2.95. The summed E-state index contributed by atoms with van der Waals surface area (Å²) in [4.78, 5) is 30.1. The van der Waals surface area contributed by atoms with Crippen LogP contribution < -0.4 is 0 Å². The highest BCUT2D eigenvalue weighted by molar-refractivity contribution is 7.88. The second-order valence-electron chi connectivity index (χ2n) is 10.00. The molecule has 3 aliphatic heterocycles. The SMILES string of the molecule is CC(C)[C@H]1C(=O)N(S(C)(=O)=O)[C@H]2CCN(C(=O)C3CN(CC(C)(C)C)C3)[C@H]12.Cl. The molecular formula is C19H34ClN3O4S. The minimum atomic E-state index is -3.62. The van der Waals surface area contributed by atoms with Crippen LogP contribution in [0.1, 0.15) is 41.0 Å². The van der Waals surface area contributed by atoms with Gasteiger partial charge in [0.15, 0.2) is 0 Å². The summed E-state index contributed by atoms with van der Waals surface area (Å²) in [6.07, 6.45) is 1.63. The normalized spacial score (nSPS) is 29.1. The van der Waals surface area contributed by atoms with Crippen molar-refractivity contribution in [2.24, 2.45) is 23.2 Å². The second-order valence-corrected chi connectivity index (χ2v) is 11.9. The van der Waals surface area contributed by atoms with Gasteiger partial charge in [-0.1, -0.05) is 34.6 Å². The molecule has 3 saturated heterocycles. The van der Waals surface area contributed by atoms with Gasteiger partial charge in [0.05, 0.1) is 30.2 Å². The van der Waals surface area contributed by atoms with Crippen molar-refractivity contribution in [3.05, 3.63) is 0 Å². The average molecular weight is 436 g/mol. The number of hydrogen-bond acceptors (Lipinski definition) is 5. The lowest BCUT2D eigenvalue weighted by Crippen LogP contribution is -2.57. The topological polar surface area (TPSA) is 78.0 Å². The van der Waals surface area contributed by atoms with Gasteiger partial charge in [0.25, 0.3) is 0 Å². The summed E-state index contributed by atoms with van der Waals surface area (Å²) in [5, 5.41) is 0. The predicted molar refractivity (Wildman–Crippen MR) is 111 cm³/mol. The Hall–Kier alpha value is -0.860. The molecule has 28 heavy (non-hydrogen) atoms. The van der Waals surface area contributed by atoms with E-state index in [1.807, 2.05) is 18.7 Å². The van der Waals surface area contributed by atoms with Crippen LogP contribution in [0.5, 0.6) is 0 Å². The molecule has 0 aromatic heterocycles. The molecule has 3 heterocycles. The van der Waals surface area contributed by atoms with E-state index in [0.717, 1.165) is 30.2 Å². The van der Waals surface area contributed by atoms with Crippen molar-refractivity contribution in [3.63, 3.8) is 0 Å². The van der Waals surface area contributed by atoms with E-state index in [0.29, 0.717) is 13.0 Å². The fourth-order valence-corrected chi connectivity index (χ4v) is 6.22. The van der Waals surface area contributed by atoms with E-state index in [9.17, 15) is 18.0 Å². The number of fused-ring (bicyclic) bond motifs is 1. The maximum atomic E-state index is 13.1. The quantitative estimate of drug-likeness (QED) is 0.667. The second kappa shape index (κ2) is 7.76. The molecule has 0 aliphatic carbocycles. The highest BCUT2D eigenvalue weighted by atomic mass is 35.5. The van der Waals surface area contributed by atoms with Crippen LogP contribution in [0, 0.1) is 23.2 Å². The Kier molecular flexibility index (Phi) is 6.49. The van der Waals surface area contributed by atoms with Crippen molar-refractivity contribution in [2.45, 2.75) is 53.1 Å². The first-order valence-corrected chi connectivity index (χ1v) is 11.7. The Labute approximate surface area is 175 Å². The third-order valence-corrected chi connectivity index (χ3v) is 7.12. The molecule has 0 N–H and O–H groups in total. The van der Waals surface area contributed by atoms with E-state index < -0.39 is 22.0 Å². The van der Waals surface area contributed by atoms with E-state index in [4.69, 9.17) is 0 Å². The van der Waals surface area contributed by atoms with Gasteiger partial charge in [-0.3, -0.25) is 9.59 Å². The number of nitrogens with zero attached hydrogens (tertiary/aromatic N) is 3. The molecule has 3 atom stereocenters. The van der Waals surface area contributed by atoms with Gasteiger partial charge in [-0.15, -0.1) is 12.4 Å². The lowest BCUT2D eigenvalue weighted by atomic mass is 9.87. The molecule has 3 fully saturated rings. The molecule has 9 heteroatoms. The van der Waals surface area contributed by atoms with E-state index in [1.54, 1.807) is 0 Å².